The van der Waals surface area contributed by atoms with E-state index in [2.05, 4.69) is 11.8 Å². The van der Waals surface area contributed by atoms with Crippen molar-refractivity contribution in [3.8, 4) is 11.8 Å². The molecule has 0 bridgehead atoms. The fourth-order valence-electron chi connectivity index (χ4n) is 1.01. The minimum absolute atomic E-state index is 0.142. The van der Waals surface area contributed by atoms with Crippen molar-refractivity contribution in [1.82, 2.24) is 0 Å². The zero-order valence-corrected chi connectivity index (χ0v) is 13.7. The molecule has 1 unspecified atom stereocenters. The van der Waals surface area contributed by atoms with Gasteiger partial charge in [0.25, 0.3) is 0 Å². The summed E-state index contributed by atoms with van der Waals surface area (Å²) < 4.78 is 19.6. The highest BCUT2D eigenvalue weighted by Crippen LogP contribution is 2.09. The van der Waals surface area contributed by atoms with Crippen LogP contribution in [0.25, 0.3) is 0 Å². The molecule has 0 spiro atoms. The Morgan fingerprint density at radius 2 is 1.43 bits per heavy atom. The lowest BCUT2D eigenvalue weighted by molar-refractivity contribution is -0.0145. The summed E-state index contributed by atoms with van der Waals surface area (Å²) in [6.45, 7) is 11.9. The third-order valence-electron chi connectivity index (χ3n) is 1.62. The predicted octanol–water partition coefficient (Wildman–Crippen LogP) is 3.28. The van der Waals surface area contributed by atoms with Gasteiger partial charge in [0.05, 0.1) is 0 Å². The largest absolute Gasteiger partial charge is 0.510 e. The lowest BCUT2D eigenvalue weighted by Gasteiger charge is -2.19. The van der Waals surface area contributed by atoms with Crippen LogP contribution in [0.1, 0.15) is 48.5 Å². The first-order chi connectivity index (χ1) is 9.39. The van der Waals surface area contributed by atoms with Gasteiger partial charge in [0.15, 0.2) is 12.7 Å². The van der Waals surface area contributed by atoms with Crippen LogP contribution in [0.2, 0.25) is 0 Å². The summed E-state index contributed by atoms with van der Waals surface area (Å²) in [6, 6.07) is 0. The molecule has 1 atom stereocenters. The summed E-state index contributed by atoms with van der Waals surface area (Å²) in [6.07, 6.45) is -2.25. The molecule has 0 heterocycles. The van der Waals surface area contributed by atoms with Crippen molar-refractivity contribution in [2.75, 3.05) is 6.61 Å². The molecule has 6 nitrogen and oxygen atoms in total. The molecule has 0 aromatic heterocycles. The van der Waals surface area contributed by atoms with E-state index in [0.717, 1.165) is 0 Å². The first kappa shape index (κ1) is 19.1. The normalized spacial score (nSPS) is 12.5. The fourth-order valence-corrected chi connectivity index (χ4v) is 1.01. The number of hydrogen-bond donors (Lipinski definition) is 0. The van der Waals surface area contributed by atoms with Gasteiger partial charge in [-0.2, -0.15) is 0 Å². The second-order valence-corrected chi connectivity index (χ2v) is 6.30. The SMILES string of the molecule is CC(C#CCOC(=O)OC(C)(C)C)OC(=O)OC(C)(C)C. The van der Waals surface area contributed by atoms with Crippen LogP contribution in [-0.2, 0) is 18.9 Å². The molecule has 0 saturated heterocycles. The van der Waals surface area contributed by atoms with Crippen molar-refractivity contribution in [2.24, 2.45) is 0 Å². The number of rotatable bonds is 2. The first-order valence-corrected chi connectivity index (χ1v) is 6.63. The first-order valence-electron chi connectivity index (χ1n) is 6.63. The topological polar surface area (TPSA) is 71.1 Å². The van der Waals surface area contributed by atoms with E-state index in [1.165, 1.54) is 0 Å². The highest BCUT2D eigenvalue weighted by molar-refractivity contribution is 5.61. The summed E-state index contributed by atoms with van der Waals surface area (Å²) in [7, 11) is 0. The van der Waals surface area contributed by atoms with Crippen LogP contribution in [-0.4, -0.2) is 36.2 Å². The Labute approximate surface area is 126 Å². The van der Waals surface area contributed by atoms with E-state index in [9.17, 15) is 9.59 Å². The van der Waals surface area contributed by atoms with Crippen molar-refractivity contribution in [2.45, 2.75) is 65.8 Å². The summed E-state index contributed by atoms with van der Waals surface area (Å²) in [5, 5.41) is 0. The molecule has 0 rings (SSSR count). The van der Waals surface area contributed by atoms with E-state index < -0.39 is 29.6 Å². The standard InChI is InChI=1S/C15H24O6/c1-11(19-13(17)21-15(5,6)7)9-8-10-18-12(16)20-14(2,3)4/h11H,10H2,1-7H3. The number of carbonyl (C=O) groups excluding carboxylic acids is 2. The third-order valence-corrected chi connectivity index (χ3v) is 1.62. The van der Waals surface area contributed by atoms with Crippen LogP contribution in [0.4, 0.5) is 9.59 Å². The van der Waals surface area contributed by atoms with E-state index in [1.54, 1.807) is 48.5 Å². The van der Waals surface area contributed by atoms with Crippen molar-refractivity contribution in [3.63, 3.8) is 0 Å². The Bertz CT molecular complexity index is 416. The summed E-state index contributed by atoms with van der Waals surface area (Å²) in [5.74, 6) is 5.18. The maximum absolute atomic E-state index is 11.3. The van der Waals surface area contributed by atoms with Gasteiger partial charge >= 0.3 is 12.3 Å². The Morgan fingerprint density at radius 3 is 1.90 bits per heavy atom. The van der Waals surface area contributed by atoms with Crippen molar-refractivity contribution >= 4 is 12.3 Å². The number of ether oxygens (including phenoxy) is 4. The van der Waals surface area contributed by atoms with Gasteiger partial charge in [0.2, 0.25) is 0 Å². The fraction of sp³-hybridized carbons (Fsp3) is 0.733. The third kappa shape index (κ3) is 12.9. The van der Waals surface area contributed by atoms with Crippen LogP contribution in [0.5, 0.6) is 0 Å². The summed E-state index contributed by atoms with van der Waals surface area (Å²) >= 11 is 0. The monoisotopic (exact) mass is 300 g/mol. The van der Waals surface area contributed by atoms with Crippen LogP contribution in [0, 0.1) is 11.8 Å². The van der Waals surface area contributed by atoms with Crippen molar-refractivity contribution in [1.29, 1.82) is 0 Å². The smallest absolute Gasteiger partial charge is 0.429 e. The Morgan fingerprint density at radius 1 is 0.952 bits per heavy atom. The van der Waals surface area contributed by atoms with Gasteiger partial charge in [-0.15, -0.1) is 0 Å². The zero-order valence-electron chi connectivity index (χ0n) is 13.7. The molecule has 6 heteroatoms. The molecule has 0 N–H and O–H groups in total. The minimum atomic E-state index is -0.794. The molecule has 0 saturated carbocycles. The van der Waals surface area contributed by atoms with E-state index in [-0.39, 0.29) is 6.61 Å². The maximum atomic E-state index is 11.3. The van der Waals surface area contributed by atoms with Crippen LogP contribution in [0.15, 0.2) is 0 Å². The molecule has 0 fully saturated rings. The van der Waals surface area contributed by atoms with E-state index >= 15 is 0 Å². The van der Waals surface area contributed by atoms with Gasteiger partial charge in [-0.05, 0) is 48.5 Å². The molecule has 0 aromatic carbocycles. The number of hydrogen-bond acceptors (Lipinski definition) is 6. The summed E-state index contributed by atoms with van der Waals surface area (Å²) in [5.41, 5.74) is -1.23. The molecule has 0 amide bonds. The molecule has 0 aliphatic carbocycles. The second kappa shape index (κ2) is 7.77. The van der Waals surface area contributed by atoms with Gasteiger partial charge in [-0.3, -0.25) is 0 Å². The molecular weight excluding hydrogens is 276 g/mol. The van der Waals surface area contributed by atoms with Gasteiger partial charge in [0, 0.05) is 0 Å². The molecule has 21 heavy (non-hydrogen) atoms. The van der Waals surface area contributed by atoms with Gasteiger partial charge in [-0.1, -0.05) is 11.8 Å². The van der Waals surface area contributed by atoms with Crippen LogP contribution < -0.4 is 0 Å². The highest BCUT2D eigenvalue weighted by atomic mass is 16.7. The second-order valence-electron chi connectivity index (χ2n) is 6.30. The van der Waals surface area contributed by atoms with Gasteiger partial charge in [-0.25, -0.2) is 9.59 Å². The van der Waals surface area contributed by atoms with Gasteiger partial charge < -0.3 is 18.9 Å². The van der Waals surface area contributed by atoms with E-state index in [0.29, 0.717) is 0 Å². The van der Waals surface area contributed by atoms with Gasteiger partial charge in [0.1, 0.15) is 11.2 Å². The predicted molar refractivity (Wildman–Crippen MR) is 76.7 cm³/mol. The molecule has 0 aliphatic rings. The molecule has 0 aromatic rings. The van der Waals surface area contributed by atoms with Crippen LogP contribution in [0.3, 0.4) is 0 Å². The average molecular weight is 300 g/mol. The van der Waals surface area contributed by atoms with E-state index in [1.807, 2.05) is 0 Å². The Kier molecular flexibility index (Phi) is 7.07. The quantitative estimate of drug-likeness (QED) is 0.575. The Hall–Kier alpha value is -1.90. The lowest BCUT2D eigenvalue weighted by atomic mass is 10.2. The van der Waals surface area contributed by atoms with E-state index in [4.69, 9.17) is 18.9 Å². The lowest BCUT2D eigenvalue weighted by Crippen LogP contribution is -2.26. The number of carbonyl (C=O) groups is 2. The summed E-state index contributed by atoms with van der Waals surface area (Å²) in [4.78, 5) is 22.6. The molecule has 0 aliphatic heterocycles. The zero-order chi connectivity index (χ0) is 16.7. The average Bonchev–Trinajstić information content (AvgIpc) is 2.18. The molecular formula is C15H24O6. The highest BCUT2D eigenvalue weighted by Gasteiger charge is 2.19. The minimum Gasteiger partial charge on any atom is -0.429 e. The van der Waals surface area contributed by atoms with Crippen molar-refractivity contribution < 1.29 is 28.5 Å². The Balaban J connectivity index is 4.06. The maximum Gasteiger partial charge on any atom is 0.510 e. The van der Waals surface area contributed by atoms with Crippen molar-refractivity contribution in [3.05, 3.63) is 0 Å². The van der Waals surface area contributed by atoms with Crippen LogP contribution >= 0.6 is 0 Å². The molecule has 0 radical (unpaired) electrons. The molecule has 120 valence electrons.